The Balaban J connectivity index is 2.02. The van der Waals surface area contributed by atoms with E-state index in [0.29, 0.717) is 13.1 Å². The first-order chi connectivity index (χ1) is 13.0. The van der Waals surface area contributed by atoms with Crippen LogP contribution in [0.3, 0.4) is 0 Å². The lowest BCUT2D eigenvalue weighted by molar-refractivity contribution is -0.152. The topological polar surface area (TPSA) is 46.6 Å². The average molecular weight is 365 g/mol. The lowest BCUT2D eigenvalue weighted by Gasteiger charge is -2.21. The van der Waals surface area contributed by atoms with Gasteiger partial charge in [-0.25, -0.2) is 0 Å². The Morgan fingerprint density at radius 1 is 1.00 bits per heavy atom. The number of esters is 1. The quantitative estimate of drug-likeness (QED) is 0.495. The van der Waals surface area contributed by atoms with E-state index in [-0.39, 0.29) is 30.8 Å². The van der Waals surface area contributed by atoms with E-state index in [2.05, 4.69) is 6.58 Å². The lowest BCUT2D eigenvalue weighted by Crippen LogP contribution is -2.35. The van der Waals surface area contributed by atoms with Gasteiger partial charge in [0.1, 0.15) is 0 Å². The molecule has 4 nitrogen and oxygen atoms in total. The third kappa shape index (κ3) is 6.41. The van der Waals surface area contributed by atoms with Crippen molar-refractivity contribution in [2.24, 2.45) is 0 Å². The molecule has 0 fully saturated rings. The molecule has 142 valence electrons. The summed E-state index contributed by atoms with van der Waals surface area (Å²) in [7, 11) is 0. The van der Waals surface area contributed by atoms with Crippen molar-refractivity contribution in [3.05, 3.63) is 83.9 Å². The molecule has 0 aliphatic heterocycles. The Bertz CT molecular complexity index is 716. The van der Waals surface area contributed by atoms with E-state index in [0.717, 1.165) is 16.7 Å². The van der Waals surface area contributed by atoms with Gasteiger partial charge < -0.3 is 9.64 Å². The van der Waals surface area contributed by atoms with Crippen LogP contribution in [-0.2, 0) is 14.3 Å². The standard InChI is InChI=1S/C23H27NO3/c1-4-24(16-18(2)3)22(25)17-27-23(26)15-21(19-11-7-5-8-12-19)20-13-9-6-10-14-20/h5-14,21H,2,4,15-17H2,1,3H3. The van der Waals surface area contributed by atoms with E-state index in [9.17, 15) is 9.59 Å². The average Bonchev–Trinajstić information content (AvgIpc) is 2.69. The fourth-order valence-electron chi connectivity index (χ4n) is 2.96. The van der Waals surface area contributed by atoms with Crippen LogP contribution in [0.25, 0.3) is 0 Å². The number of hydrogen-bond donors (Lipinski definition) is 0. The molecule has 0 bridgehead atoms. The molecular weight excluding hydrogens is 338 g/mol. The number of carbonyl (C=O) groups excluding carboxylic acids is 2. The molecule has 0 atom stereocenters. The van der Waals surface area contributed by atoms with Crippen molar-refractivity contribution in [3.8, 4) is 0 Å². The molecule has 0 spiro atoms. The zero-order valence-corrected chi connectivity index (χ0v) is 16.1. The number of nitrogens with zero attached hydrogens (tertiary/aromatic N) is 1. The maximum atomic E-state index is 12.4. The SMILES string of the molecule is C=C(C)CN(CC)C(=O)COC(=O)CC(c1ccccc1)c1ccccc1. The minimum Gasteiger partial charge on any atom is -0.456 e. The van der Waals surface area contributed by atoms with Crippen LogP contribution < -0.4 is 0 Å². The summed E-state index contributed by atoms with van der Waals surface area (Å²) >= 11 is 0. The van der Waals surface area contributed by atoms with Gasteiger partial charge in [0.15, 0.2) is 6.61 Å². The third-order valence-electron chi connectivity index (χ3n) is 4.33. The molecule has 0 radical (unpaired) electrons. The maximum Gasteiger partial charge on any atom is 0.307 e. The van der Waals surface area contributed by atoms with Gasteiger partial charge in [-0.2, -0.15) is 0 Å². The van der Waals surface area contributed by atoms with Crippen LogP contribution in [0, 0.1) is 0 Å². The molecule has 2 rings (SSSR count). The molecule has 4 heteroatoms. The summed E-state index contributed by atoms with van der Waals surface area (Å²) in [6, 6.07) is 19.7. The predicted octanol–water partition coefficient (Wildman–Crippen LogP) is 4.18. The van der Waals surface area contributed by atoms with E-state index in [1.54, 1.807) is 4.90 Å². The lowest BCUT2D eigenvalue weighted by atomic mass is 9.89. The Labute approximate surface area is 161 Å². The smallest absolute Gasteiger partial charge is 0.307 e. The minimum absolute atomic E-state index is 0.104. The normalized spacial score (nSPS) is 10.5. The molecule has 2 aromatic carbocycles. The van der Waals surface area contributed by atoms with Crippen LogP contribution in [0.1, 0.15) is 37.3 Å². The molecule has 0 aliphatic carbocycles. The highest BCUT2D eigenvalue weighted by Crippen LogP contribution is 2.28. The van der Waals surface area contributed by atoms with Gasteiger partial charge >= 0.3 is 5.97 Å². The highest BCUT2D eigenvalue weighted by molar-refractivity contribution is 5.81. The summed E-state index contributed by atoms with van der Waals surface area (Å²) in [6.07, 6.45) is 0.188. The van der Waals surface area contributed by atoms with Crippen molar-refractivity contribution in [1.29, 1.82) is 0 Å². The molecule has 27 heavy (non-hydrogen) atoms. The van der Waals surface area contributed by atoms with Gasteiger partial charge in [0.05, 0.1) is 6.42 Å². The third-order valence-corrected chi connectivity index (χ3v) is 4.33. The second-order valence-electron chi connectivity index (χ2n) is 6.60. The first-order valence-electron chi connectivity index (χ1n) is 9.19. The Hall–Kier alpha value is -2.88. The largest absolute Gasteiger partial charge is 0.456 e. The van der Waals surface area contributed by atoms with E-state index in [1.807, 2.05) is 74.5 Å². The van der Waals surface area contributed by atoms with Crippen LogP contribution in [0.5, 0.6) is 0 Å². The van der Waals surface area contributed by atoms with E-state index >= 15 is 0 Å². The molecule has 1 amide bonds. The van der Waals surface area contributed by atoms with Crippen molar-refractivity contribution in [2.75, 3.05) is 19.7 Å². The Kier molecular flexibility index (Phi) is 7.80. The van der Waals surface area contributed by atoms with Crippen molar-refractivity contribution >= 4 is 11.9 Å². The second kappa shape index (κ2) is 10.3. The summed E-state index contributed by atoms with van der Waals surface area (Å²) in [5, 5.41) is 0. The van der Waals surface area contributed by atoms with Gasteiger partial charge in [0.2, 0.25) is 0 Å². The first kappa shape index (κ1) is 20.4. The maximum absolute atomic E-state index is 12.4. The number of amides is 1. The highest BCUT2D eigenvalue weighted by atomic mass is 16.5. The second-order valence-corrected chi connectivity index (χ2v) is 6.60. The summed E-state index contributed by atoms with van der Waals surface area (Å²) in [5.41, 5.74) is 2.98. The van der Waals surface area contributed by atoms with Crippen LogP contribution in [0.2, 0.25) is 0 Å². The van der Waals surface area contributed by atoms with Crippen molar-refractivity contribution < 1.29 is 14.3 Å². The minimum atomic E-state index is -0.382. The van der Waals surface area contributed by atoms with E-state index < -0.39 is 0 Å². The monoisotopic (exact) mass is 365 g/mol. The number of hydrogen-bond acceptors (Lipinski definition) is 3. The molecule has 0 saturated carbocycles. The zero-order chi connectivity index (χ0) is 19.6. The van der Waals surface area contributed by atoms with Gasteiger partial charge in [-0.05, 0) is 25.0 Å². The summed E-state index contributed by atoms with van der Waals surface area (Å²) in [6.45, 7) is 8.38. The van der Waals surface area contributed by atoms with Crippen LogP contribution >= 0.6 is 0 Å². The molecule has 0 unspecified atom stereocenters. The molecule has 0 N–H and O–H groups in total. The molecule has 0 saturated heterocycles. The van der Waals surface area contributed by atoms with Crippen LogP contribution in [-0.4, -0.2) is 36.5 Å². The number of ether oxygens (including phenoxy) is 1. The first-order valence-corrected chi connectivity index (χ1v) is 9.19. The van der Waals surface area contributed by atoms with Crippen molar-refractivity contribution in [1.82, 2.24) is 4.90 Å². The molecule has 2 aromatic rings. The number of rotatable bonds is 9. The van der Waals surface area contributed by atoms with Crippen molar-refractivity contribution in [3.63, 3.8) is 0 Å². The van der Waals surface area contributed by atoms with Gasteiger partial charge in [0.25, 0.3) is 5.91 Å². The number of likely N-dealkylation sites (N-methyl/N-ethyl adjacent to an activating group) is 1. The van der Waals surface area contributed by atoms with Gasteiger partial charge in [-0.15, -0.1) is 0 Å². The summed E-state index contributed by atoms with van der Waals surface area (Å²) in [4.78, 5) is 26.3. The predicted molar refractivity (Wildman–Crippen MR) is 107 cm³/mol. The Morgan fingerprint density at radius 3 is 1.96 bits per heavy atom. The Morgan fingerprint density at radius 2 is 1.52 bits per heavy atom. The van der Waals surface area contributed by atoms with E-state index in [1.165, 1.54) is 0 Å². The molecular formula is C23H27NO3. The number of benzene rings is 2. The molecule has 0 aliphatic rings. The summed E-state index contributed by atoms with van der Waals surface area (Å²) in [5.74, 6) is -0.690. The number of carbonyl (C=O) groups is 2. The molecule has 0 aromatic heterocycles. The van der Waals surface area contributed by atoms with Crippen LogP contribution in [0.15, 0.2) is 72.8 Å². The fourth-order valence-corrected chi connectivity index (χ4v) is 2.96. The van der Waals surface area contributed by atoms with E-state index in [4.69, 9.17) is 4.74 Å². The molecule has 0 heterocycles. The fraction of sp³-hybridized carbons (Fsp3) is 0.304. The zero-order valence-electron chi connectivity index (χ0n) is 16.1. The van der Waals surface area contributed by atoms with Gasteiger partial charge in [-0.1, -0.05) is 72.8 Å². The van der Waals surface area contributed by atoms with Gasteiger partial charge in [-0.3, -0.25) is 9.59 Å². The highest BCUT2D eigenvalue weighted by Gasteiger charge is 2.20. The van der Waals surface area contributed by atoms with Gasteiger partial charge in [0, 0.05) is 19.0 Å². The summed E-state index contributed by atoms with van der Waals surface area (Å²) < 4.78 is 5.28. The van der Waals surface area contributed by atoms with Crippen LogP contribution in [0.4, 0.5) is 0 Å². The van der Waals surface area contributed by atoms with Crippen molar-refractivity contribution in [2.45, 2.75) is 26.2 Å².